The summed E-state index contributed by atoms with van der Waals surface area (Å²) < 4.78 is 5.44. The molecule has 1 aromatic heterocycles. The molecule has 1 saturated heterocycles. The van der Waals surface area contributed by atoms with Crippen LogP contribution < -0.4 is 10.6 Å². The number of hydrogen-bond acceptors (Lipinski definition) is 4. The molecule has 1 aromatic rings. The van der Waals surface area contributed by atoms with Crippen molar-refractivity contribution in [3.63, 3.8) is 0 Å². The quantitative estimate of drug-likeness (QED) is 0.351. The smallest absolute Gasteiger partial charge is 0.191 e. The minimum absolute atomic E-state index is 0.625. The van der Waals surface area contributed by atoms with Crippen molar-refractivity contribution in [2.75, 3.05) is 32.7 Å². The fraction of sp³-hybridized carbons (Fsp3) is 0.810. The molecule has 2 N–H and O–H groups in total. The maximum absolute atomic E-state index is 5.44. The van der Waals surface area contributed by atoms with Crippen molar-refractivity contribution in [3.05, 3.63) is 17.0 Å². The van der Waals surface area contributed by atoms with E-state index in [2.05, 4.69) is 41.5 Å². The average Bonchev–Trinajstić information content (AvgIpc) is 3.11. The van der Waals surface area contributed by atoms with Crippen LogP contribution in [0.15, 0.2) is 9.52 Å². The Kier molecular flexibility index (Phi) is 10.3. The molecule has 2 heterocycles. The molecule has 0 saturated carbocycles. The van der Waals surface area contributed by atoms with Crippen LogP contribution in [0.2, 0.25) is 0 Å². The lowest BCUT2D eigenvalue weighted by molar-refractivity contribution is 0.224. The summed E-state index contributed by atoms with van der Waals surface area (Å²) in [5.74, 6) is 1.85. The summed E-state index contributed by atoms with van der Waals surface area (Å²) in [6, 6.07) is 0. The molecular formula is C21H39N5O. The average molecular weight is 378 g/mol. The SMILES string of the molecule is CCNC(=NCc1c(CC)noc1CC)NCCCCCN1CCCCC1. The predicted molar refractivity (Wildman–Crippen MR) is 112 cm³/mol. The number of nitrogens with one attached hydrogen (secondary N) is 2. The number of hydrogen-bond donors (Lipinski definition) is 2. The normalized spacial score (nSPS) is 15.9. The highest BCUT2D eigenvalue weighted by Crippen LogP contribution is 2.16. The minimum atomic E-state index is 0.625. The van der Waals surface area contributed by atoms with Crippen molar-refractivity contribution >= 4 is 5.96 Å². The zero-order chi connectivity index (χ0) is 19.3. The van der Waals surface area contributed by atoms with E-state index in [9.17, 15) is 0 Å². The number of aromatic nitrogens is 1. The summed E-state index contributed by atoms with van der Waals surface area (Å²) in [6.45, 7) is 12.6. The lowest BCUT2D eigenvalue weighted by Gasteiger charge is -2.26. The molecule has 0 atom stereocenters. The Morgan fingerprint density at radius 1 is 1.04 bits per heavy atom. The fourth-order valence-electron chi connectivity index (χ4n) is 3.64. The van der Waals surface area contributed by atoms with Crippen LogP contribution in [-0.2, 0) is 19.4 Å². The molecule has 0 radical (unpaired) electrons. The largest absolute Gasteiger partial charge is 0.361 e. The lowest BCUT2D eigenvalue weighted by atomic mass is 10.1. The highest BCUT2D eigenvalue weighted by molar-refractivity contribution is 5.79. The van der Waals surface area contributed by atoms with E-state index in [0.29, 0.717) is 6.54 Å². The molecular weight excluding hydrogens is 338 g/mol. The molecule has 1 fully saturated rings. The van der Waals surface area contributed by atoms with Gasteiger partial charge in [-0.25, -0.2) is 4.99 Å². The highest BCUT2D eigenvalue weighted by Gasteiger charge is 2.13. The Labute approximate surface area is 165 Å². The fourth-order valence-corrected chi connectivity index (χ4v) is 3.64. The standard InChI is InChI=1S/C21H39N5O/c1-4-19-18(20(5-2)27-25-19)17-24-21(22-6-3)23-13-9-7-10-14-26-15-11-8-12-16-26/h4-17H2,1-3H3,(H2,22,23,24). The summed E-state index contributed by atoms with van der Waals surface area (Å²) in [4.78, 5) is 7.37. The highest BCUT2D eigenvalue weighted by atomic mass is 16.5. The first-order chi connectivity index (χ1) is 13.3. The topological polar surface area (TPSA) is 65.7 Å². The second kappa shape index (κ2) is 12.8. The summed E-state index contributed by atoms with van der Waals surface area (Å²) in [5, 5.41) is 11.0. The zero-order valence-corrected chi connectivity index (χ0v) is 17.6. The second-order valence-corrected chi connectivity index (χ2v) is 7.32. The van der Waals surface area contributed by atoms with Gasteiger partial charge in [-0.05, 0) is 58.7 Å². The van der Waals surface area contributed by atoms with E-state index in [1.54, 1.807) is 0 Å². The molecule has 1 aliphatic rings. The molecule has 2 rings (SSSR count). The van der Waals surface area contributed by atoms with Crippen LogP contribution in [0.25, 0.3) is 0 Å². The number of unbranched alkanes of at least 4 members (excludes halogenated alkanes) is 2. The third kappa shape index (κ3) is 7.53. The van der Waals surface area contributed by atoms with Gasteiger partial charge in [0.25, 0.3) is 0 Å². The van der Waals surface area contributed by atoms with Crippen LogP contribution in [0.5, 0.6) is 0 Å². The van der Waals surface area contributed by atoms with E-state index in [-0.39, 0.29) is 0 Å². The molecule has 0 spiro atoms. The van der Waals surface area contributed by atoms with Gasteiger partial charge in [0.05, 0.1) is 12.2 Å². The van der Waals surface area contributed by atoms with E-state index in [1.165, 1.54) is 58.2 Å². The molecule has 0 unspecified atom stereocenters. The van der Waals surface area contributed by atoms with Gasteiger partial charge in [-0.1, -0.05) is 31.8 Å². The third-order valence-electron chi connectivity index (χ3n) is 5.24. The van der Waals surface area contributed by atoms with Crippen LogP contribution in [-0.4, -0.2) is 48.7 Å². The number of guanidine groups is 1. The number of likely N-dealkylation sites (tertiary alicyclic amines) is 1. The monoisotopic (exact) mass is 377 g/mol. The van der Waals surface area contributed by atoms with Crippen molar-refractivity contribution in [1.29, 1.82) is 0 Å². The van der Waals surface area contributed by atoms with Crippen LogP contribution in [0.4, 0.5) is 0 Å². The first kappa shape index (κ1) is 21.7. The first-order valence-electron chi connectivity index (χ1n) is 11.0. The number of aryl methyl sites for hydroxylation is 2. The summed E-state index contributed by atoms with van der Waals surface area (Å²) in [5.41, 5.74) is 2.18. The van der Waals surface area contributed by atoms with Crippen molar-refractivity contribution in [1.82, 2.24) is 20.7 Å². The van der Waals surface area contributed by atoms with Crippen LogP contribution in [0.1, 0.15) is 76.3 Å². The van der Waals surface area contributed by atoms with Gasteiger partial charge >= 0.3 is 0 Å². The first-order valence-corrected chi connectivity index (χ1v) is 11.0. The third-order valence-corrected chi connectivity index (χ3v) is 5.24. The van der Waals surface area contributed by atoms with Gasteiger partial charge in [0.1, 0.15) is 5.76 Å². The molecule has 0 aromatic carbocycles. The molecule has 6 nitrogen and oxygen atoms in total. The van der Waals surface area contributed by atoms with Gasteiger partial charge in [-0.15, -0.1) is 0 Å². The van der Waals surface area contributed by atoms with Crippen molar-refractivity contribution in [3.8, 4) is 0 Å². The molecule has 1 aliphatic heterocycles. The molecule has 27 heavy (non-hydrogen) atoms. The van der Waals surface area contributed by atoms with E-state index < -0.39 is 0 Å². The van der Waals surface area contributed by atoms with Crippen molar-refractivity contribution in [2.24, 2.45) is 4.99 Å². The summed E-state index contributed by atoms with van der Waals surface area (Å²) in [7, 11) is 0. The maximum Gasteiger partial charge on any atom is 0.191 e. The summed E-state index contributed by atoms with van der Waals surface area (Å²) in [6.07, 6.45) is 9.69. The summed E-state index contributed by atoms with van der Waals surface area (Å²) >= 11 is 0. The molecule has 0 aliphatic carbocycles. The number of nitrogens with zero attached hydrogens (tertiary/aromatic N) is 3. The van der Waals surface area contributed by atoms with Gasteiger partial charge in [0, 0.05) is 25.1 Å². The maximum atomic E-state index is 5.44. The minimum Gasteiger partial charge on any atom is -0.361 e. The van der Waals surface area contributed by atoms with E-state index >= 15 is 0 Å². The predicted octanol–water partition coefficient (Wildman–Crippen LogP) is 3.51. The van der Waals surface area contributed by atoms with E-state index in [4.69, 9.17) is 9.52 Å². The van der Waals surface area contributed by atoms with Crippen LogP contribution in [0.3, 0.4) is 0 Å². The Balaban J connectivity index is 1.71. The van der Waals surface area contributed by atoms with Gasteiger partial charge < -0.3 is 20.1 Å². The molecule has 154 valence electrons. The van der Waals surface area contributed by atoms with Crippen LogP contribution in [0, 0.1) is 0 Å². The van der Waals surface area contributed by atoms with E-state index in [0.717, 1.165) is 48.9 Å². The zero-order valence-electron chi connectivity index (χ0n) is 17.6. The van der Waals surface area contributed by atoms with Crippen molar-refractivity contribution in [2.45, 2.75) is 78.7 Å². The Morgan fingerprint density at radius 3 is 2.56 bits per heavy atom. The molecule has 6 heteroatoms. The molecule has 0 amide bonds. The van der Waals surface area contributed by atoms with Gasteiger partial charge in [0.2, 0.25) is 0 Å². The van der Waals surface area contributed by atoms with E-state index in [1.807, 2.05) is 0 Å². The van der Waals surface area contributed by atoms with Gasteiger partial charge in [0.15, 0.2) is 5.96 Å². The number of aliphatic imine (C=N–C) groups is 1. The number of piperidine rings is 1. The lowest BCUT2D eigenvalue weighted by Crippen LogP contribution is -2.37. The van der Waals surface area contributed by atoms with Crippen molar-refractivity contribution < 1.29 is 4.52 Å². The van der Waals surface area contributed by atoms with Crippen LogP contribution >= 0.6 is 0 Å². The Hall–Kier alpha value is -1.56. The Bertz CT molecular complexity index is 527. The van der Waals surface area contributed by atoms with Gasteiger partial charge in [-0.2, -0.15) is 0 Å². The molecule has 0 bridgehead atoms. The second-order valence-electron chi connectivity index (χ2n) is 7.32. The Morgan fingerprint density at radius 2 is 1.85 bits per heavy atom. The van der Waals surface area contributed by atoms with Gasteiger partial charge in [-0.3, -0.25) is 0 Å². The number of rotatable bonds is 11.